The summed E-state index contributed by atoms with van der Waals surface area (Å²) in [6.45, 7) is 4.99. The highest BCUT2D eigenvalue weighted by molar-refractivity contribution is 5.35. The summed E-state index contributed by atoms with van der Waals surface area (Å²) >= 11 is 0. The number of nitrogens with one attached hydrogen (secondary N) is 1. The van der Waals surface area contributed by atoms with Gasteiger partial charge in [0.1, 0.15) is 0 Å². The van der Waals surface area contributed by atoms with Crippen LogP contribution in [0.5, 0.6) is 0 Å². The Kier molecular flexibility index (Phi) is 5.03. The van der Waals surface area contributed by atoms with E-state index in [-0.39, 0.29) is 0 Å². The van der Waals surface area contributed by atoms with Crippen LogP contribution < -0.4 is 5.32 Å². The molecule has 1 unspecified atom stereocenters. The zero-order chi connectivity index (χ0) is 12.8. The molecule has 1 rings (SSSR count). The molecular formula is C12H17FN2O2. The van der Waals surface area contributed by atoms with Crippen molar-refractivity contribution < 1.29 is 9.31 Å². The molecule has 1 aromatic carbocycles. The van der Waals surface area contributed by atoms with Gasteiger partial charge in [0.2, 0.25) is 5.82 Å². The molecule has 0 aliphatic carbocycles. The second-order valence-electron chi connectivity index (χ2n) is 4.04. The summed E-state index contributed by atoms with van der Waals surface area (Å²) in [5.74, 6) is -0.761. The normalized spacial score (nSPS) is 12.4. The number of aryl methyl sites for hydroxylation is 1. The first kappa shape index (κ1) is 13.6. The predicted molar refractivity (Wildman–Crippen MR) is 64.5 cm³/mol. The summed E-state index contributed by atoms with van der Waals surface area (Å²) < 4.78 is 13.3. The van der Waals surface area contributed by atoms with E-state index in [1.807, 2.05) is 6.92 Å². The Morgan fingerprint density at radius 3 is 2.76 bits per heavy atom. The molecule has 0 aromatic heterocycles. The molecule has 0 saturated carbocycles. The molecule has 0 radical (unpaired) electrons. The molecule has 17 heavy (non-hydrogen) atoms. The summed E-state index contributed by atoms with van der Waals surface area (Å²) in [7, 11) is 0. The van der Waals surface area contributed by atoms with Crippen LogP contribution in [-0.2, 0) is 6.42 Å². The molecule has 0 saturated heterocycles. The molecule has 0 aliphatic heterocycles. The lowest BCUT2D eigenvalue weighted by atomic mass is 10.1. The van der Waals surface area contributed by atoms with Crippen LogP contribution in [-0.4, -0.2) is 17.5 Å². The number of rotatable bonds is 6. The van der Waals surface area contributed by atoms with Gasteiger partial charge in [0.15, 0.2) is 0 Å². The van der Waals surface area contributed by atoms with E-state index in [2.05, 4.69) is 12.2 Å². The Morgan fingerprint density at radius 2 is 2.24 bits per heavy atom. The molecule has 0 bridgehead atoms. The Morgan fingerprint density at radius 1 is 1.53 bits per heavy atom. The van der Waals surface area contributed by atoms with Crippen molar-refractivity contribution in [2.24, 2.45) is 0 Å². The maximum absolute atomic E-state index is 13.3. The van der Waals surface area contributed by atoms with Crippen LogP contribution in [0.25, 0.3) is 0 Å². The second-order valence-corrected chi connectivity index (χ2v) is 4.04. The van der Waals surface area contributed by atoms with E-state index in [0.29, 0.717) is 12.5 Å². The van der Waals surface area contributed by atoms with E-state index in [1.165, 1.54) is 12.1 Å². The van der Waals surface area contributed by atoms with Crippen LogP contribution in [0.15, 0.2) is 18.2 Å². The summed E-state index contributed by atoms with van der Waals surface area (Å²) in [6, 6.07) is 4.44. The Labute approximate surface area is 100.0 Å². The van der Waals surface area contributed by atoms with Crippen molar-refractivity contribution in [2.45, 2.75) is 32.7 Å². The molecular weight excluding hydrogens is 223 g/mol. The lowest BCUT2D eigenvalue weighted by Crippen LogP contribution is -2.25. The van der Waals surface area contributed by atoms with Crippen molar-refractivity contribution in [3.05, 3.63) is 39.7 Å². The average molecular weight is 240 g/mol. The monoisotopic (exact) mass is 240 g/mol. The van der Waals surface area contributed by atoms with Gasteiger partial charge in [-0.1, -0.05) is 13.0 Å². The molecule has 1 N–H and O–H groups in total. The summed E-state index contributed by atoms with van der Waals surface area (Å²) in [5, 5.41) is 13.7. The fourth-order valence-electron chi connectivity index (χ4n) is 1.69. The number of benzene rings is 1. The van der Waals surface area contributed by atoms with Gasteiger partial charge in [-0.2, -0.15) is 4.39 Å². The van der Waals surface area contributed by atoms with Crippen molar-refractivity contribution in [1.29, 1.82) is 0 Å². The highest BCUT2D eigenvalue weighted by Gasteiger charge is 2.13. The largest absolute Gasteiger partial charge is 0.315 e. The van der Waals surface area contributed by atoms with Gasteiger partial charge in [0, 0.05) is 12.1 Å². The lowest BCUT2D eigenvalue weighted by molar-refractivity contribution is -0.387. The minimum atomic E-state index is -0.761. The van der Waals surface area contributed by atoms with Gasteiger partial charge >= 0.3 is 5.69 Å². The third kappa shape index (κ3) is 4.11. The van der Waals surface area contributed by atoms with Crippen molar-refractivity contribution >= 4 is 5.69 Å². The van der Waals surface area contributed by atoms with Gasteiger partial charge in [-0.25, -0.2) is 0 Å². The van der Waals surface area contributed by atoms with Gasteiger partial charge in [0.05, 0.1) is 4.92 Å². The summed E-state index contributed by atoms with van der Waals surface area (Å²) in [4.78, 5) is 9.73. The van der Waals surface area contributed by atoms with Gasteiger partial charge in [-0.3, -0.25) is 10.1 Å². The first-order valence-corrected chi connectivity index (χ1v) is 5.70. The van der Waals surface area contributed by atoms with Gasteiger partial charge < -0.3 is 5.32 Å². The third-order valence-electron chi connectivity index (χ3n) is 2.63. The fourth-order valence-corrected chi connectivity index (χ4v) is 1.69. The van der Waals surface area contributed by atoms with Crippen LogP contribution in [0.1, 0.15) is 25.8 Å². The van der Waals surface area contributed by atoms with Crippen molar-refractivity contribution in [1.82, 2.24) is 5.32 Å². The zero-order valence-corrected chi connectivity index (χ0v) is 10.1. The summed E-state index contributed by atoms with van der Waals surface area (Å²) in [6.07, 6.45) is 1.59. The van der Waals surface area contributed by atoms with Crippen LogP contribution in [0.3, 0.4) is 0 Å². The standard InChI is InChI=1S/C12H17FN2O2/c1-3-14-9(2)4-5-10-6-7-12(15(16)17)11(13)8-10/h6-9,14H,3-5H2,1-2H3. The topological polar surface area (TPSA) is 55.2 Å². The van der Waals surface area contributed by atoms with Gasteiger partial charge in [-0.15, -0.1) is 0 Å². The Hall–Kier alpha value is -1.49. The quantitative estimate of drug-likeness (QED) is 0.614. The molecule has 0 fully saturated rings. The number of nitrogens with zero attached hydrogens (tertiary/aromatic N) is 1. The molecule has 5 heteroatoms. The first-order valence-electron chi connectivity index (χ1n) is 5.70. The van der Waals surface area contributed by atoms with Crippen LogP contribution >= 0.6 is 0 Å². The van der Waals surface area contributed by atoms with Crippen molar-refractivity contribution in [3.63, 3.8) is 0 Å². The number of hydrogen-bond donors (Lipinski definition) is 1. The number of hydrogen-bond acceptors (Lipinski definition) is 3. The van der Waals surface area contributed by atoms with E-state index >= 15 is 0 Å². The molecule has 1 atom stereocenters. The smallest absolute Gasteiger partial charge is 0.304 e. The first-order chi connectivity index (χ1) is 8.04. The number of nitro groups is 1. The van der Waals surface area contributed by atoms with Crippen LogP contribution in [0.4, 0.5) is 10.1 Å². The van der Waals surface area contributed by atoms with Gasteiger partial charge in [-0.05, 0) is 37.9 Å². The molecule has 4 nitrogen and oxygen atoms in total. The predicted octanol–water partition coefficient (Wildman–Crippen LogP) is 2.66. The van der Waals surface area contributed by atoms with Crippen LogP contribution in [0.2, 0.25) is 0 Å². The Balaban J connectivity index is 2.62. The highest BCUT2D eigenvalue weighted by atomic mass is 19.1. The van der Waals surface area contributed by atoms with E-state index in [4.69, 9.17) is 0 Å². The van der Waals surface area contributed by atoms with Gasteiger partial charge in [0.25, 0.3) is 0 Å². The zero-order valence-electron chi connectivity index (χ0n) is 10.1. The van der Waals surface area contributed by atoms with Crippen LogP contribution in [0, 0.1) is 15.9 Å². The molecule has 0 spiro atoms. The number of nitro benzene ring substituents is 1. The average Bonchev–Trinajstić information content (AvgIpc) is 2.26. The second kappa shape index (κ2) is 6.30. The number of halogens is 1. The molecule has 0 aliphatic rings. The molecule has 1 aromatic rings. The summed E-state index contributed by atoms with van der Waals surface area (Å²) in [5.41, 5.74) is 0.325. The fraction of sp³-hybridized carbons (Fsp3) is 0.500. The minimum Gasteiger partial charge on any atom is -0.315 e. The highest BCUT2D eigenvalue weighted by Crippen LogP contribution is 2.19. The van der Waals surface area contributed by atoms with E-state index < -0.39 is 16.4 Å². The lowest BCUT2D eigenvalue weighted by Gasteiger charge is -2.11. The molecule has 0 amide bonds. The third-order valence-corrected chi connectivity index (χ3v) is 2.63. The van der Waals surface area contributed by atoms with Crippen molar-refractivity contribution in [3.8, 4) is 0 Å². The maximum atomic E-state index is 13.3. The van der Waals surface area contributed by atoms with E-state index in [0.717, 1.165) is 18.5 Å². The maximum Gasteiger partial charge on any atom is 0.304 e. The van der Waals surface area contributed by atoms with Crippen molar-refractivity contribution in [2.75, 3.05) is 6.54 Å². The van der Waals surface area contributed by atoms with E-state index in [9.17, 15) is 14.5 Å². The minimum absolute atomic E-state index is 0.359. The molecule has 94 valence electrons. The van der Waals surface area contributed by atoms with E-state index in [1.54, 1.807) is 6.07 Å². The SMILES string of the molecule is CCNC(C)CCc1ccc([N+](=O)[O-])c(F)c1. The Bertz CT molecular complexity index is 396. The molecule has 0 heterocycles.